The lowest BCUT2D eigenvalue weighted by Crippen LogP contribution is -2.42. The van der Waals surface area contributed by atoms with E-state index in [1.54, 1.807) is 12.0 Å². The van der Waals surface area contributed by atoms with Gasteiger partial charge < -0.3 is 24.0 Å². The van der Waals surface area contributed by atoms with Crippen molar-refractivity contribution in [2.45, 2.75) is 57.5 Å². The zero-order valence-corrected chi connectivity index (χ0v) is 21.8. The van der Waals surface area contributed by atoms with Crippen molar-refractivity contribution in [2.75, 3.05) is 31.1 Å². The second-order valence-electron chi connectivity index (χ2n) is 10.1. The van der Waals surface area contributed by atoms with Crippen LogP contribution in [0.4, 0.5) is 22.1 Å². The van der Waals surface area contributed by atoms with Crippen LogP contribution >= 0.6 is 0 Å². The summed E-state index contributed by atoms with van der Waals surface area (Å²) in [4.78, 5) is 33.5. The van der Waals surface area contributed by atoms with E-state index in [1.807, 2.05) is 55.3 Å². The molecule has 3 aromatic rings. The van der Waals surface area contributed by atoms with Crippen LogP contribution in [-0.2, 0) is 16.0 Å². The lowest BCUT2D eigenvalue weighted by molar-refractivity contribution is -0.143. The Balaban J connectivity index is 1.67. The van der Waals surface area contributed by atoms with Crippen molar-refractivity contribution in [1.29, 1.82) is 0 Å². The number of hydrogen-bond acceptors (Lipinski definition) is 6. The highest BCUT2D eigenvalue weighted by molar-refractivity contribution is 5.96. The Morgan fingerprint density at radius 1 is 1.08 bits per heavy atom. The zero-order valence-electron chi connectivity index (χ0n) is 21.8. The molecule has 1 aliphatic heterocycles. The number of carboxylic acids is 1. The van der Waals surface area contributed by atoms with Crippen LogP contribution < -0.4 is 14.5 Å². The van der Waals surface area contributed by atoms with Gasteiger partial charge in [-0.25, -0.2) is 9.78 Å². The highest BCUT2D eigenvalue weighted by atomic mass is 16.5. The molecule has 9 heteroatoms. The molecule has 0 bridgehead atoms. The van der Waals surface area contributed by atoms with Gasteiger partial charge in [-0.15, -0.1) is 0 Å². The van der Waals surface area contributed by atoms with Crippen molar-refractivity contribution in [1.82, 2.24) is 9.55 Å². The predicted molar refractivity (Wildman–Crippen MR) is 142 cm³/mol. The van der Waals surface area contributed by atoms with Gasteiger partial charge in [-0.05, 0) is 75.4 Å². The van der Waals surface area contributed by atoms with E-state index >= 15 is 0 Å². The summed E-state index contributed by atoms with van der Waals surface area (Å²) in [6.45, 7) is 2.03. The first-order valence-corrected chi connectivity index (χ1v) is 12.9. The van der Waals surface area contributed by atoms with E-state index in [9.17, 15) is 14.7 Å². The number of fused-ring (bicyclic) bond motifs is 3. The van der Waals surface area contributed by atoms with Crippen molar-refractivity contribution in [3.05, 3.63) is 42.0 Å². The Hall–Kier alpha value is -3.75. The topological polar surface area (TPSA) is 97.1 Å². The van der Waals surface area contributed by atoms with Crippen molar-refractivity contribution < 1.29 is 24.2 Å². The lowest BCUT2D eigenvalue weighted by atomic mass is 9.85. The molecule has 1 amide bonds. The van der Waals surface area contributed by atoms with Crippen LogP contribution in [0, 0.1) is 5.92 Å². The molecule has 0 spiro atoms. The molecule has 1 fully saturated rings. The summed E-state index contributed by atoms with van der Waals surface area (Å²) in [7, 11) is 5.02. The van der Waals surface area contributed by atoms with Crippen LogP contribution in [0.5, 0.6) is 5.75 Å². The Labute approximate surface area is 216 Å². The maximum atomic E-state index is 12.6. The number of aryl methyl sites for hydroxylation is 1. The smallest absolute Gasteiger partial charge is 0.414 e. The first-order chi connectivity index (χ1) is 17.8. The monoisotopic (exact) mass is 506 g/mol. The number of anilines is 3. The maximum absolute atomic E-state index is 12.6. The summed E-state index contributed by atoms with van der Waals surface area (Å²) < 4.78 is 12.6. The average Bonchev–Trinajstić information content (AvgIpc) is 3.32. The Morgan fingerprint density at radius 3 is 2.51 bits per heavy atom. The Bertz CT molecular complexity index is 1320. The minimum absolute atomic E-state index is 0.00724. The largest absolute Gasteiger partial charge is 0.497 e. The van der Waals surface area contributed by atoms with Crippen molar-refractivity contribution in [3.8, 4) is 5.75 Å². The van der Waals surface area contributed by atoms with Gasteiger partial charge in [-0.2, -0.15) is 0 Å². The number of rotatable bonds is 5. The number of aliphatic carboxylic acids is 1. The standard InChI is InChI=1S/C28H34N4O5/c1-17-8-13-22-23(31(17)28(35)37-4)14-15-24-25(22)29-27(30(2)19-9-11-21(36-3)12-10-19)32(24)20-7-5-6-18(16-20)26(33)34/h9-12,14-15,17-18,20H,5-8,13,16H2,1-4H3,(H,33,34)/t17-,18+,20+/m0/s1. The Kier molecular flexibility index (Phi) is 6.70. The molecule has 9 nitrogen and oxygen atoms in total. The number of aromatic nitrogens is 2. The lowest BCUT2D eigenvalue weighted by Gasteiger charge is -2.34. The quantitative estimate of drug-likeness (QED) is 0.485. The molecule has 2 heterocycles. The van der Waals surface area contributed by atoms with Gasteiger partial charge >= 0.3 is 12.1 Å². The fraction of sp³-hybridized carbons (Fsp3) is 0.464. The molecule has 196 valence electrons. The third kappa shape index (κ3) is 4.36. The summed E-state index contributed by atoms with van der Waals surface area (Å²) >= 11 is 0. The van der Waals surface area contributed by atoms with Gasteiger partial charge in [-0.3, -0.25) is 9.69 Å². The van der Waals surface area contributed by atoms with Crippen LogP contribution in [0.1, 0.15) is 50.6 Å². The fourth-order valence-corrected chi connectivity index (χ4v) is 5.90. The highest BCUT2D eigenvalue weighted by Crippen LogP contribution is 2.43. The van der Waals surface area contributed by atoms with Crippen molar-refractivity contribution in [3.63, 3.8) is 0 Å². The van der Waals surface area contributed by atoms with E-state index in [2.05, 4.69) is 4.57 Å². The SMILES string of the molecule is COC(=O)N1c2ccc3c(nc(N(C)c4ccc(OC)cc4)n3[C@@H]3CCC[C@@H](C(=O)O)C3)c2CC[C@@H]1C. The van der Waals surface area contributed by atoms with Gasteiger partial charge in [0, 0.05) is 30.4 Å². The molecule has 3 atom stereocenters. The second kappa shape index (κ2) is 9.95. The van der Waals surface area contributed by atoms with Gasteiger partial charge in [0.1, 0.15) is 5.75 Å². The fourth-order valence-electron chi connectivity index (χ4n) is 5.90. The molecule has 1 saturated carbocycles. The van der Waals surface area contributed by atoms with Gasteiger partial charge in [0.2, 0.25) is 5.95 Å². The highest BCUT2D eigenvalue weighted by Gasteiger charge is 2.35. The maximum Gasteiger partial charge on any atom is 0.414 e. The number of hydrogen-bond donors (Lipinski definition) is 1. The van der Waals surface area contributed by atoms with Gasteiger partial charge in [-0.1, -0.05) is 6.42 Å². The third-order valence-electron chi connectivity index (χ3n) is 7.93. The molecule has 2 aliphatic rings. The van der Waals surface area contributed by atoms with E-state index in [1.165, 1.54) is 7.11 Å². The molecular weight excluding hydrogens is 472 g/mol. The molecule has 1 aliphatic carbocycles. The van der Waals surface area contributed by atoms with E-state index in [0.29, 0.717) is 12.8 Å². The first-order valence-electron chi connectivity index (χ1n) is 12.9. The summed E-state index contributed by atoms with van der Waals surface area (Å²) in [5.41, 5.74) is 4.61. The summed E-state index contributed by atoms with van der Waals surface area (Å²) in [5.74, 6) is 0.420. The normalized spacial score (nSPS) is 21.4. The first kappa shape index (κ1) is 24.9. The van der Waals surface area contributed by atoms with E-state index in [0.717, 1.165) is 65.4 Å². The van der Waals surface area contributed by atoms with Crippen LogP contribution in [0.3, 0.4) is 0 Å². The van der Waals surface area contributed by atoms with Gasteiger partial charge in [0.05, 0.1) is 36.9 Å². The zero-order chi connectivity index (χ0) is 26.3. The molecule has 1 aromatic heterocycles. The minimum Gasteiger partial charge on any atom is -0.497 e. The third-order valence-corrected chi connectivity index (χ3v) is 7.93. The minimum atomic E-state index is -0.737. The molecule has 1 N–H and O–H groups in total. The summed E-state index contributed by atoms with van der Waals surface area (Å²) in [5, 5.41) is 9.76. The van der Waals surface area contributed by atoms with E-state index < -0.39 is 5.97 Å². The van der Waals surface area contributed by atoms with Crippen LogP contribution in [0.15, 0.2) is 36.4 Å². The Morgan fingerprint density at radius 2 is 1.84 bits per heavy atom. The summed E-state index contributed by atoms with van der Waals surface area (Å²) in [6, 6.07) is 11.8. The van der Waals surface area contributed by atoms with Crippen LogP contribution in [0.25, 0.3) is 11.0 Å². The van der Waals surface area contributed by atoms with Crippen molar-refractivity contribution >= 4 is 40.4 Å². The number of carbonyl (C=O) groups excluding carboxylic acids is 1. The number of ether oxygens (including phenoxy) is 2. The van der Waals surface area contributed by atoms with E-state index in [-0.39, 0.29) is 24.1 Å². The number of methoxy groups -OCH3 is 2. The molecule has 0 radical (unpaired) electrons. The molecular formula is C28H34N4O5. The number of nitrogens with zero attached hydrogens (tertiary/aromatic N) is 4. The number of carboxylic acid groups (broad SMARTS) is 1. The predicted octanol–water partition coefficient (Wildman–Crippen LogP) is 5.54. The summed E-state index contributed by atoms with van der Waals surface area (Å²) in [6.07, 6.45) is 4.23. The molecule has 37 heavy (non-hydrogen) atoms. The number of carbonyl (C=O) groups is 2. The molecule has 0 unspecified atom stereocenters. The van der Waals surface area contributed by atoms with Gasteiger partial charge in [0.25, 0.3) is 0 Å². The van der Waals surface area contributed by atoms with Crippen LogP contribution in [0.2, 0.25) is 0 Å². The number of benzene rings is 2. The van der Waals surface area contributed by atoms with Gasteiger partial charge in [0.15, 0.2) is 0 Å². The van der Waals surface area contributed by atoms with E-state index in [4.69, 9.17) is 14.5 Å². The van der Waals surface area contributed by atoms with Crippen molar-refractivity contribution in [2.24, 2.45) is 5.92 Å². The van der Waals surface area contributed by atoms with Crippen LogP contribution in [-0.4, -0.2) is 54.0 Å². The molecule has 5 rings (SSSR count). The number of imidazole rings is 1. The molecule has 0 saturated heterocycles. The second-order valence-corrected chi connectivity index (χ2v) is 10.1. The average molecular weight is 507 g/mol. The number of amides is 1. The molecule has 2 aromatic carbocycles.